The summed E-state index contributed by atoms with van der Waals surface area (Å²) in [6.07, 6.45) is 0.523. The van der Waals surface area contributed by atoms with E-state index in [0.29, 0.717) is 23.7 Å². The fraction of sp³-hybridized carbons (Fsp3) is 0.385. The lowest BCUT2D eigenvalue weighted by atomic mass is 10.2. The third-order valence-electron chi connectivity index (χ3n) is 2.61. The number of aryl methyl sites for hydroxylation is 1. The summed E-state index contributed by atoms with van der Waals surface area (Å²) in [5, 5.41) is 0. The molecule has 0 aliphatic heterocycles. The smallest absolute Gasteiger partial charge is 0.260 e. The summed E-state index contributed by atoms with van der Waals surface area (Å²) < 4.78 is 6.47. The molecule has 19 heavy (non-hydrogen) atoms. The zero-order valence-corrected chi connectivity index (χ0v) is 13.4. The summed E-state index contributed by atoms with van der Waals surface area (Å²) in [5.41, 5.74) is 6.46. The van der Waals surface area contributed by atoms with Gasteiger partial charge in [0.05, 0.1) is 4.99 Å². The highest BCUT2D eigenvalue weighted by Crippen LogP contribution is 2.21. The standard InChI is InChI=1S/C13H17BrN2O2S/c1-9-7-10(3-4-11(9)14)18-8-13(17)16(2)6-5-12(15)19/h3-4,7H,5-6,8H2,1-2H3,(H2,15,19). The Kier molecular flexibility index (Phi) is 6.24. The van der Waals surface area contributed by atoms with Crippen LogP contribution < -0.4 is 10.5 Å². The molecule has 0 heterocycles. The number of carbonyl (C=O) groups is 1. The SMILES string of the molecule is Cc1cc(OCC(=O)N(C)CCC(N)=S)ccc1Br. The maximum Gasteiger partial charge on any atom is 0.260 e. The van der Waals surface area contributed by atoms with Gasteiger partial charge >= 0.3 is 0 Å². The van der Waals surface area contributed by atoms with Gasteiger partial charge in [0.25, 0.3) is 5.91 Å². The summed E-state index contributed by atoms with van der Waals surface area (Å²) in [6, 6.07) is 5.59. The average molecular weight is 345 g/mol. The molecule has 0 bridgehead atoms. The molecule has 0 spiro atoms. The first kappa shape index (κ1) is 15.9. The first-order chi connectivity index (χ1) is 8.90. The van der Waals surface area contributed by atoms with Gasteiger partial charge in [0.1, 0.15) is 5.75 Å². The maximum atomic E-state index is 11.8. The molecule has 1 rings (SSSR count). The molecule has 1 aromatic carbocycles. The second-order valence-electron chi connectivity index (χ2n) is 4.23. The summed E-state index contributed by atoms with van der Waals surface area (Å²) in [6.45, 7) is 2.49. The molecule has 1 amide bonds. The van der Waals surface area contributed by atoms with Crippen LogP contribution in [-0.4, -0.2) is 36.0 Å². The van der Waals surface area contributed by atoms with Gasteiger partial charge in [-0.3, -0.25) is 4.79 Å². The molecule has 0 fully saturated rings. The third-order valence-corrected chi connectivity index (χ3v) is 3.70. The van der Waals surface area contributed by atoms with Gasteiger partial charge in [-0.05, 0) is 30.7 Å². The number of carbonyl (C=O) groups excluding carboxylic acids is 1. The molecule has 0 aromatic heterocycles. The van der Waals surface area contributed by atoms with Crippen molar-refractivity contribution < 1.29 is 9.53 Å². The van der Waals surface area contributed by atoms with Crippen LogP contribution in [0.3, 0.4) is 0 Å². The van der Waals surface area contributed by atoms with Crippen molar-refractivity contribution in [3.05, 3.63) is 28.2 Å². The van der Waals surface area contributed by atoms with Crippen LogP contribution in [0.5, 0.6) is 5.75 Å². The van der Waals surface area contributed by atoms with Crippen molar-refractivity contribution in [2.45, 2.75) is 13.3 Å². The van der Waals surface area contributed by atoms with E-state index >= 15 is 0 Å². The number of amides is 1. The topological polar surface area (TPSA) is 55.6 Å². The fourth-order valence-corrected chi connectivity index (χ4v) is 1.70. The molecule has 0 saturated carbocycles. The zero-order chi connectivity index (χ0) is 14.4. The molecule has 1 aromatic rings. The van der Waals surface area contributed by atoms with Crippen molar-refractivity contribution >= 4 is 39.0 Å². The Morgan fingerprint density at radius 3 is 2.79 bits per heavy atom. The number of nitrogens with two attached hydrogens (primary N) is 1. The number of benzene rings is 1. The van der Waals surface area contributed by atoms with Crippen LogP contribution >= 0.6 is 28.1 Å². The minimum atomic E-state index is -0.100. The number of halogens is 1. The van der Waals surface area contributed by atoms with E-state index in [2.05, 4.69) is 15.9 Å². The van der Waals surface area contributed by atoms with Crippen LogP contribution in [0.1, 0.15) is 12.0 Å². The fourth-order valence-electron chi connectivity index (χ4n) is 1.36. The lowest BCUT2D eigenvalue weighted by Crippen LogP contribution is -2.33. The van der Waals surface area contributed by atoms with E-state index in [1.807, 2.05) is 25.1 Å². The Morgan fingerprint density at radius 1 is 1.53 bits per heavy atom. The predicted octanol–water partition coefficient (Wildman–Crippen LogP) is 2.27. The minimum Gasteiger partial charge on any atom is -0.484 e. The highest BCUT2D eigenvalue weighted by Gasteiger charge is 2.10. The van der Waals surface area contributed by atoms with Gasteiger partial charge < -0.3 is 15.4 Å². The van der Waals surface area contributed by atoms with Gasteiger partial charge in [0, 0.05) is 24.5 Å². The van der Waals surface area contributed by atoms with Gasteiger partial charge in [-0.25, -0.2) is 0 Å². The molecule has 0 atom stereocenters. The largest absolute Gasteiger partial charge is 0.484 e. The number of rotatable bonds is 6. The highest BCUT2D eigenvalue weighted by atomic mass is 79.9. The van der Waals surface area contributed by atoms with Crippen molar-refractivity contribution in [3.63, 3.8) is 0 Å². The molecule has 2 N–H and O–H groups in total. The van der Waals surface area contributed by atoms with E-state index in [1.165, 1.54) is 0 Å². The van der Waals surface area contributed by atoms with E-state index in [9.17, 15) is 4.79 Å². The number of likely N-dealkylation sites (N-methyl/N-ethyl adjacent to an activating group) is 1. The van der Waals surface area contributed by atoms with Crippen molar-refractivity contribution in [2.75, 3.05) is 20.2 Å². The Bertz CT molecular complexity index is 480. The third kappa shape index (κ3) is 5.57. The first-order valence-corrected chi connectivity index (χ1v) is 7.01. The molecule has 6 heteroatoms. The quantitative estimate of drug-likeness (QED) is 0.804. The normalized spacial score (nSPS) is 10.1. The lowest BCUT2D eigenvalue weighted by molar-refractivity contribution is -0.131. The molecule has 0 aliphatic rings. The Labute approximate surface area is 127 Å². The number of hydrogen-bond acceptors (Lipinski definition) is 3. The van der Waals surface area contributed by atoms with Crippen molar-refractivity contribution in [1.82, 2.24) is 4.90 Å². The zero-order valence-electron chi connectivity index (χ0n) is 11.0. The Hall–Kier alpha value is -1.14. The molecular formula is C13H17BrN2O2S. The molecule has 0 saturated heterocycles. The number of nitrogens with zero attached hydrogens (tertiary/aromatic N) is 1. The number of ether oxygens (including phenoxy) is 1. The molecule has 104 valence electrons. The summed E-state index contributed by atoms with van der Waals surface area (Å²) in [7, 11) is 1.71. The maximum absolute atomic E-state index is 11.8. The van der Waals surface area contributed by atoms with Gasteiger partial charge in [0.2, 0.25) is 0 Å². The van der Waals surface area contributed by atoms with E-state index in [0.717, 1.165) is 10.0 Å². The summed E-state index contributed by atoms with van der Waals surface area (Å²) in [5.74, 6) is 0.577. The number of thiocarbonyl (C=S) groups is 1. The first-order valence-electron chi connectivity index (χ1n) is 5.81. The van der Waals surface area contributed by atoms with Crippen LogP contribution in [0.15, 0.2) is 22.7 Å². The van der Waals surface area contributed by atoms with Crippen molar-refractivity contribution in [1.29, 1.82) is 0 Å². The summed E-state index contributed by atoms with van der Waals surface area (Å²) >= 11 is 8.18. The summed E-state index contributed by atoms with van der Waals surface area (Å²) in [4.78, 5) is 13.8. The van der Waals surface area contributed by atoms with Crippen LogP contribution in [0.4, 0.5) is 0 Å². The van der Waals surface area contributed by atoms with Gasteiger partial charge in [0.15, 0.2) is 6.61 Å². The molecule has 0 unspecified atom stereocenters. The van der Waals surface area contributed by atoms with Crippen molar-refractivity contribution in [2.24, 2.45) is 5.73 Å². The van der Waals surface area contributed by atoms with E-state index in [4.69, 9.17) is 22.7 Å². The average Bonchev–Trinajstić information content (AvgIpc) is 2.36. The Balaban J connectivity index is 2.44. The van der Waals surface area contributed by atoms with Crippen LogP contribution in [0.25, 0.3) is 0 Å². The molecule has 0 radical (unpaired) electrons. The Morgan fingerprint density at radius 2 is 2.21 bits per heavy atom. The van der Waals surface area contributed by atoms with Crippen LogP contribution in [0.2, 0.25) is 0 Å². The number of hydrogen-bond donors (Lipinski definition) is 1. The van der Waals surface area contributed by atoms with Crippen LogP contribution in [-0.2, 0) is 4.79 Å². The van der Waals surface area contributed by atoms with Crippen LogP contribution in [0, 0.1) is 6.92 Å². The lowest BCUT2D eigenvalue weighted by Gasteiger charge is -2.17. The second-order valence-corrected chi connectivity index (χ2v) is 5.61. The minimum absolute atomic E-state index is 0.00884. The highest BCUT2D eigenvalue weighted by molar-refractivity contribution is 9.10. The van der Waals surface area contributed by atoms with Crippen molar-refractivity contribution in [3.8, 4) is 5.75 Å². The van der Waals surface area contributed by atoms with E-state index in [1.54, 1.807) is 11.9 Å². The van der Waals surface area contributed by atoms with E-state index in [-0.39, 0.29) is 12.5 Å². The van der Waals surface area contributed by atoms with Gasteiger partial charge in [-0.1, -0.05) is 28.1 Å². The molecule has 0 aliphatic carbocycles. The molecular weight excluding hydrogens is 328 g/mol. The van der Waals surface area contributed by atoms with E-state index < -0.39 is 0 Å². The van der Waals surface area contributed by atoms with Gasteiger partial charge in [-0.15, -0.1) is 0 Å². The second kappa shape index (κ2) is 7.45. The molecule has 4 nitrogen and oxygen atoms in total. The monoisotopic (exact) mass is 344 g/mol. The predicted molar refractivity (Wildman–Crippen MR) is 83.4 cm³/mol. The van der Waals surface area contributed by atoms with Gasteiger partial charge in [-0.2, -0.15) is 0 Å².